The molecule has 0 aliphatic carbocycles. The Labute approximate surface area is 320 Å². The van der Waals surface area contributed by atoms with Crippen molar-refractivity contribution in [2.75, 3.05) is 6.54 Å². The smallest absolute Gasteiger partial charge is 0.308 e. The Morgan fingerprint density at radius 1 is 0.891 bits per heavy atom. The molecule has 0 saturated heterocycles. The summed E-state index contributed by atoms with van der Waals surface area (Å²) < 4.78 is 5.42. The van der Waals surface area contributed by atoms with Gasteiger partial charge in [-0.15, -0.1) is 0 Å². The molecule has 0 unspecified atom stereocenters. The first-order valence-electron chi connectivity index (χ1n) is 18.1. The van der Waals surface area contributed by atoms with E-state index in [4.69, 9.17) is 27.5 Å². The molecule has 302 valence electrons. The van der Waals surface area contributed by atoms with Crippen LogP contribution in [0.1, 0.15) is 79.7 Å². The number of hydrogen-bond acceptors (Lipinski definition) is 9. The molecule has 0 radical (unpaired) electrons. The molecular formula is C36H56N12O7. The summed E-state index contributed by atoms with van der Waals surface area (Å²) in [6, 6.07) is 1.17. The molecule has 5 atom stereocenters. The summed E-state index contributed by atoms with van der Waals surface area (Å²) in [7, 11) is 0. The van der Waals surface area contributed by atoms with E-state index in [0.717, 1.165) is 16.5 Å². The van der Waals surface area contributed by atoms with Crippen LogP contribution in [-0.4, -0.2) is 88.8 Å². The van der Waals surface area contributed by atoms with Gasteiger partial charge in [-0.2, -0.15) is 0 Å². The van der Waals surface area contributed by atoms with Crippen LogP contribution in [-0.2, 0) is 39.9 Å². The van der Waals surface area contributed by atoms with Gasteiger partial charge >= 0.3 is 5.97 Å². The Bertz CT molecular complexity index is 1740. The summed E-state index contributed by atoms with van der Waals surface area (Å²) in [5.74, 6) is -5.57. The van der Waals surface area contributed by atoms with Crippen molar-refractivity contribution in [3.05, 3.63) is 46.5 Å². The molecule has 1 aromatic carbocycles. The van der Waals surface area contributed by atoms with Crippen molar-refractivity contribution in [2.45, 2.75) is 116 Å². The number of amides is 5. The molecule has 11 N–H and O–H groups in total. The number of hydrogen-bond donors (Lipinski definition) is 8. The highest BCUT2D eigenvalue weighted by Crippen LogP contribution is 2.19. The first kappa shape index (κ1) is 45.5. The number of nitrogens with two attached hydrogens (primary N) is 3. The molecule has 2 rings (SSSR count). The van der Waals surface area contributed by atoms with E-state index in [0.29, 0.717) is 0 Å². The number of nitrogens with one attached hydrogen (secondary N) is 5. The molecule has 2 aromatic rings. The van der Waals surface area contributed by atoms with Crippen LogP contribution in [0.25, 0.3) is 21.3 Å². The molecule has 5 amide bonds. The van der Waals surface area contributed by atoms with Gasteiger partial charge in [0.05, 0.1) is 18.5 Å². The minimum absolute atomic E-state index is 0.0285. The second-order valence-corrected chi connectivity index (χ2v) is 15.0. The normalized spacial score (nSPS) is 14.1. The van der Waals surface area contributed by atoms with Gasteiger partial charge in [-0.05, 0) is 80.6 Å². The summed E-state index contributed by atoms with van der Waals surface area (Å²) in [4.78, 5) is 89.6. The summed E-state index contributed by atoms with van der Waals surface area (Å²) in [5, 5.41) is 14.4. The number of rotatable bonds is 20. The van der Waals surface area contributed by atoms with E-state index >= 15 is 0 Å². The lowest BCUT2D eigenvalue weighted by Crippen LogP contribution is -2.59. The van der Waals surface area contributed by atoms with Gasteiger partial charge in [-0.3, -0.25) is 33.8 Å². The molecule has 0 aliphatic rings. The number of ether oxygens (including phenoxy) is 1. The zero-order valence-electron chi connectivity index (χ0n) is 32.5. The first-order chi connectivity index (χ1) is 25.7. The summed E-state index contributed by atoms with van der Waals surface area (Å²) >= 11 is 0. The Balaban J connectivity index is 2.36. The Hall–Kier alpha value is -5.68. The lowest BCUT2D eigenvalue weighted by Gasteiger charge is -2.28. The molecule has 0 bridgehead atoms. The Kier molecular flexibility index (Phi) is 17.6. The lowest BCUT2D eigenvalue weighted by molar-refractivity contribution is -0.156. The molecule has 0 spiro atoms. The Morgan fingerprint density at radius 3 is 2.11 bits per heavy atom. The monoisotopic (exact) mass is 768 g/mol. The number of guanidine groups is 1. The van der Waals surface area contributed by atoms with Gasteiger partial charge < -0.3 is 48.2 Å². The van der Waals surface area contributed by atoms with Crippen LogP contribution in [0.2, 0.25) is 0 Å². The molecule has 1 aromatic heterocycles. The number of aromatic amines is 1. The van der Waals surface area contributed by atoms with Gasteiger partial charge in [0.2, 0.25) is 29.5 Å². The highest BCUT2D eigenvalue weighted by atomic mass is 16.6. The summed E-state index contributed by atoms with van der Waals surface area (Å²) in [6.07, 6.45) is 1.59. The van der Waals surface area contributed by atoms with Crippen molar-refractivity contribution in [2.24, 2.45) is 39.1 Å². The predicted molar refractivity (Wildman–Crippen MR) is 207 cm³/mol. The number of aromatic nitrogens is 1. The zero-order valence-corrected chi connectivity index (χ0v) is 32.5. The highest BCUT2D eigenvalue weighted by molar-refractivity contribution is 5.97. The van der Waals surface area contributed by atoms with E-state index in [2.05, 4.69) is 41.3 Å². The standard InChI is InChI=1S/C36H56N12O7/c1-19(2)15-26(33(53)47-48-40)45-34(54)29(20(3)4)46-31(51)25(13-10-14-41-35(38)39)43-32(52)27(17-28(49)55-36(5,6)7)44-30(50)23(37)16-21-18-42-24-12-9-8-11-22(21)24/h8-9,11-12,18-20,23,25-27,29,42H,10,13-17,37H2,1-7H3,(H,43,52)(H,44,50)(H,45,54)(H,46,51)(H4,38,39,41)/t23-,25+,26+,27-,29-/m1/s1. The van der Waals surface area contributed by atoms with Crippen molar-refractivity contribution < 1.29 is 33.5 Å². The van der Waals surface area contributed by atoms with Crippen molar-refractivity contribution in [3.8, 4) is 0 Å². The van der Waals surface area contributed by atoms with Gasteiger partial charge in [0, 0.05) is 28.6 Å². The third-order valence-corrected chi connectivity index (χ3v) is 8.17. The number of aliphatic imine (C=N–C) groups is 1. The number of H-pyrrole nitrogens is 1. The van der Waals surface area contributed by atoms with Crippen molar-refractivity contribution in [1.29, 1.82) is 0 Å². The number of benzene rings is 1. The maximum Gasteiger partial charge on any atom is 0.308 e. The first-order valence-corrected chi connectivity index (χ1v) is 18.1. The molecule has 19 nitrogen and oxygen atoms in total. The van der Waals surface area contributed by atoms with E-state index in [-0.39, 0.29) is 44.1 Å². The zero-order chi connectivity index (χ0) is 41.5. The average Bonchev–Trinajstić information content (AvgIpc) is 3.48. The highest BCUT2D eigenvalue weighted by Gasteiger charge is 2.34. The lowest BCUT2D eigenvalue weighted by atomic mass is 9.99. The molecule has 0 saturated carbocycles. The van der Waals surface area contributed by atoms with Gasteiger partial charge in [-0.25, -0.2) is 0 Å². The number of esters is 1. The Morgan fingerprint density at radius 2 is 1.51 bits per heavy atom. The third kappa shape index (κ3) is 15.7. The fourth-order valence-electron chi connectivity index (χ4n) is 5.57. The molecule has 0 fully saturated rings. The van der Waals surface area contributed by atoms with Gasteiger partial charge in [0.1, 0.15) is 23.7 Å². The number of para-hydroxylation sites is 1. The van der Waals surface area contributed by atoms with Crippen LogP contribution in [0.3, 0.4) is 0 Å². The van der Waals surface area contributed by atoms with Crippen molar-refractivity contribution in [1.82, 2.24) is 26.3 Å². The molecule has 1 heterocycles. The van der Waals surface area contributed by atoms with Crippen LogP contribution in [0.5, 0.6) is 0 Å². The number of azide groups is 1. The van der Waals surface area contributed by atoms with Crippen LogP contribution in [0, 0.1) is 11.8 Å². The van der Waals surface area contributed by atoms with Gasteiger partial charge in [0.25, 0.3) is 0 Å². The van der Waals surface area contributed by atoms with E-state index < -0.39 is 83.7 Å². The molecule has 19 heteroatoms. The van der Waals surface area contributed by atoms with E-state index in [1.54, 1.807) is 40.8 Å². The average molecular weight is 769 g/mol. The minimum Gasteiger partial charge on any atom is -0.460 e. The maximum absolute atomic E-state index is 13.9. The maximum atomic E-state index is 13.9. The van der Waals surface area contributed by atoms with E-state index in [9.17, 15) is 28.8 Å². The van der Waals surface area contributed by atoms with Gasteiger partial charge in [0.15, 0.2) is 5.96 Å². The van der Waals surface area contributed by atoms with E-state index in [1.807, 2.05) is 38.1 Å². The van der Waals surface area contributed by atoms with Crippen LogP contribution >= 0.6 is 0 Å². The number of carbonyl (C=O) groups excluding carboxylic acids is 6. The van der Waals surface area contributed by atoms with Crippen LogP contribution in [0.15, 0.2) is 40.6 Å². The van der Waals surface area contributed by atoms with Gasteiger partial charge in [-0.1, -0.05) is 45.9 Å². The predicted octanol–water partition coefficient (Wildman–Crippen LogP) is 1.30. The molecule has 0 aliphatic heterocycles. The number of carbonyl (C=O) groups is 6. The fraction of sp³-hybridized carbons (Fsp3) is 0.583. The third-order valence-electron chi connectivity index (χ3n) is 8.17. The quantitative estimate of drug-likeness (QED) is 0.0182. The summed E-state index contributed by atoms with van der Waals surface area (Å²) in [5.41, 5.74) is 26.7. The van der Waals surface area contributed by atoms with Crippen LogP contribution < -0.4 is 38.5 Å². The second-order valence-electron chi connectivity index (χ2n) is 15.0. The summed E-state index contributed by atoms with van der Waals surface area (Å²) in [6.45, 7) is 12.0. The SMILES string of the molecule is CC(C)C[C@H](NC(=O)[C@H](NC(=O)[C@H](CCCN=C(N)N)NC(=O)[C@@H](CC(=O)OC(C)(C)C)NC(=O)[C@H](N)Cc1c[nH]c2ccccc12)C(C)C)C(=O)N=[N+]=[N-]. The minimum atomic E-state index is -1.52. The van der Waals surface area contributed by atoms with Crippen LogP contribution in [0.4, 0.5) is 0 Å². The van der Waals surface area contributed by atoms with E-state index in [1.165, 1.54) is 0 Å². The number of fused-ring (bicyclic) bond motifs is 1. The largest absolute Gasteiger partial charge is 0.460 e. The molecule has 55 heavy (non-hydrogen) atoms. The second kappa shape index (κ2) is 21.3. The van der Waals surface area contributed by atoms with Crippen molar-refractivity contribution in [3.63, 3.8) is 0 Å². The fourth-order valence-corrected chi connectivity index (χ4v) is 5.57. The molecular weight excluding hydrogens is 712 g/mol. The topological polar surface area (TPSA) is 315 Å². The van der Waals surface area contributed by atoms with Crippen molar-refractivity contribution >= 4 is 52.4 Å². The number of nitrogens with zero attached hydrogens (tertiary/aromatic N) is 4.